The highest BCUT2D eigenvalue weighted by Gasteiger charge is 2.55. The average Bonchev–Trinajstić information content (AvgIpc) is 3.31. The molecule has 0 saturated carbocycles. The second-order valence-corrected chi connectivity index (χ2v) is 16.5. The van der Waals surface area contributed by atoms with Crippen LogP contribution < -0.4 is 0 Å². The van der Waals surface area contributed by atoms with Gasteiger partial charge in [-0.15, -0.1) is 0 Å². The molecule has 4 rings (SSSR count). The zero-order chi connectivity index (χ0) is 35.0. The summed E-state index contributed by atoms with van der Waals surface area (Å²) in [5.74, 6) is -0.604. The van der Waals surface area contributed by atoms with Crippen LogP contribution in [0, 0.1) is 29.6 Å². The Bertz CT molecular complexity index is 1030. The molecule has 0 radical (unpaired) electrons. The second kappa shape index (κ2) is 15.6. The third kappa shape index (κ3) is 8.73. The summed E-state index contributed by atoms with van der Waals surface area (Å²) in [4.78, 5) is 16.1. The molecule has 2 bridgehead atoms. The Labute approximate surface area is 284 Å². The molecule has 4 heterocycles. The fourth-order valence-electron chi connectivity index (χ4n) is 9.27. The molecule has 17 atom stereocenters. The number of rotatable bonds is 7. The van der Waals surface area contributed by atoms with Gasteiger partial charge in [0.15, 0.2) is 12.6 Å². The zero-order valence-electron chi connectivity index (χ0n) is 31.6. The second-order valence-electron chi connectivity index (χ2n) is 16.5. The first-order chi connectivity index (χ1) is 21.9. The molecule has 0 aromatic carbocycles. The van der Waals surface area contributed by atoms with Gasteiger partial charge >= 0.3 is 5.97 Å². The Hall–Kier alpha value is -0.850. The fraction of sp³-hybridized carbons (Fsp3) is 0.973. The minimum atomic E-state index is -0.878. The number of ether oxygens (including phenoxy) is 7. The summed E-state index contributed by atoms with van der Waals surface area (Å²) in [6.07, 6.45) is 0.368. The van der Waals surface area contributed by atoms with E-state index in [-0.39, 0.29) is 60.1 Å². The number of nitrogens with zero attached hydrogens (tertiary/aromatic N) is 1. The molecule has 4 fully saturated rings. The molecule has 0 aromatic heterocycles. The van der Waals surface area contributed by atoms with E-state index in [2.05, 4.69) is 48.5 Å². The smallest absolute Gasteiger partial charge is 0.311 e. The molecule has 4 aliphatic rings. The highest BCUT2D eigenvalue weighted by atomic mass is 16.7. The number of fused-ring (bicyclic) bond motifs is 2. The van der Waals surface area contributed by atoms with Crippen LogP contribution in [0.3, 0.4) is 0 Å². The van der Waals surface area contributed by atoms with Crippen molar-refractivity contribution in [2.75, 3.05) is 21.2 Å². The van der Waals surface area contributed by atoms with E-state index in [0.29, 0.717) is 12.8 Å². The molecule has 10 heteroatoms. The van der Waals surface area contributed by atoms with Crippen molar-refractivity contribution < 1.29 is 43.1 Å². The molecule has 274 valence electrons. The van der Waals surface area contributed by atoms with Crippen molar-refractivity contribution in [3.63, 3.8) is 0 Å². The van der Waals surface area contributed by atoms with E-state index in [9.17, 15) is 9.90 Å². The predicted octanol–water partition coefficient (Wildman–Crippen LogP) is 5.57. The summed E-state index contributed by atoms with van der Waals surface area (Å²) >= 11 is 0. The lowest BCUT2D eigenvalue weighted by Crippen LogP contribution is -2.59. The topological polar surface area (TPSA) is 105 Å². The van der Waals surface area contributed by atoms with Crippen LogP contribution in [-0.4, -0.2) is 110 Å². The van der Waals surface area contributed by atoms with Gasteiger partial charge < -0.3 is 43.2 Å². The standard InChI is InChI=1S/C37H67NO9/c1-14-28-20(2)15-21(3)31-22(4)17-37(10,47-31)33(46-35-30(39)27(38(11)12)16-23(5)43-35)25(7)32(26(8)34(40)44-28)45-29-19-36(9,41-13)18-24(6)42-29/h20-33,35,39H,14-19H2,1-13H3/t20-,21+,22-,23-,24+,25+,26-,27+,28+,29?,30-,31-,32+,33-,35+,36+,37-/m1/s1. The number of aliphatic hydroxyl groups excluding tert-OH is 1. The number of aliphatic hydroxyl groups is 1. The average molecular weight is 670 g/mol. The van der Waals surface area contributed by atoms with Crippen LogP contribution in [0.2, 0.25) is 0 Å². The number of hydrogen-bond acceptors (Lipinski definition) is 10. The summed E-state index contributed by atoms with van der Waals surface area (Å²) in [5, 5.41) is 11.6. The summed E-state index contributed by atoms with van der Waals surface area (Å²) in [7, 11) is 5.67. The van der Waals surface area contributed by atoms with Gasteiger partial charge in [-0.1, -0.05) is 34.6 Å². The van der Waals surface area contributed by atoms with Crippen LogP contribution in [0.1, 0.15) is 108 Å². The van der Waals surface area contributed by atoms with E-state index >= 15 is 0 Å². The summed E-state index contributed by atoms with van der Waals surface area (Å²) in [6, 6.07) is -0.130. The van der Waals surface area contributed by atoms with E-state index in [4.69, 9.17) is 33.2 Å². The number of methoxy groups -OCH3 is 1. The highest BCUT2D eigenvalue weighted by molar-refractivity contribution is 5.73. The first-order valence-electron chi connectivity index (χ1n) is 18.3. The molecule has 0 aromatic rings. The predicted molar refractivity (Wildman–Crippen MR) is 180 cm³/mol. The number of cyclic esters (lactones) is 1. The SMILES string of the molecule is CC[C@@H]1OC(=O)[C@H](C)[C@@H](OC2C[C@@](C)(OC)C[C@H](C)O2)[C@H](C)[C@@H](O[C@@H]2O[C@H](C)C[C@H](N(C)C)[C@H]2O)[C@@]2(C)C[C@@H](C)[C@H](O2)[C@@H](C)C[C@H]1C. The molecule has 4 aliphatic heterocycles. The van der Waals surface area contributed by atoms with Crippen molar-refractivity contribution >= 4 is 5.97 Å². The fourth-order valence-corrected chi connectivity index (χ4v) is 9.27. The summed E-state index contributed by atoms with van der Waals surface area (Å²) < 4.78 is 45.9. The molecule has 0 spiro atoms. The van der Waals surface area contributed by atoms with Crippen molar-refractivity contribution in [1.29, 1.82) is 0 Å². The Morgan fingerprint density at radius 2 is 1.57 bits per heavy atom. The minimum absolute atomic E-state index is 0.00193. The van der Waals surface area contributed by atoms with E-state index in [1.54, 1.807) is 7.11 Å². The Balaban J connectivity index is 1.78. The molecule has 1 unspecified atom stereocenters. The first kappa shape index (κ1) is 38.9. The maximum absolute atomic E-state index is 14.0. The van der Waals surface area contributed by atoms with Gasteiger partial charge in [-0.25, -0.2) is 0 Å². The van der Waals surface area contributed by atoms with Crippen molar-refractivity contribution in [2.24, 2.45) is 29.6 Å². The lowest BCUT2D eigenvalue weighted by atomic mass is 9.77. The third-order valence-electron chi connectivity index (χ3n) is 11.8. The van der Waals surface area contributed by atoms with Gasteiger partial charge in [0.05, 0.1) is 47.6 Å². The van der Waals surface area contributed by atoms with Crippen LogP contribution in [0.25, 0.3) is 0 Å². The maximum atomic E-state index is 14.0. The van der Waals surface area contributed by atoms with Gasteiger partial charge in [-0.05, 0) is 92.2 Å². The molecule has 4 saturated heterocycles. The van der Waals surface area contributed by atoms with Crippen LogP contribution in [-0.2, 0) is 38.0 Å². The van der Waals surface area contributed by atoms with Crippen LogP contribution >= 0.6 is 0 Å². The number of likely N-dealkylation sites (N-methyl/N-ethyl adjacent to an activating group) is 1. The van der Waals surface area contributed by atoms with Crippen LogP contribution in [0.4, 0.5) is 0 Å². The highest BCUT2D eigenvalue weighted by Crippen LogP contribution is 2.47. The van der Waals surface area contributed by atoms with Gasteiger partial charge in [0.25, 0.3) is 0 Å². The normalized spacial score (nSPS) is 50.4. The zero-order valence-corrected chi connectivity index (χ0v) is 31.6. The van der Waals surface area contributed by atoms with Crippen LogP contribution in [0.5, 0.6) is 0 Å². The van der Waals surface area contributed by atoms with Crippen molar-refractivity contribution in [2.45, 2.75) is 180 Å². The van der Waals surface area contributed by atoms with E-state index in [0.717, 1.165) is 25.7 Å². The number of carbonyl (C=O) groups is 1. The molecule has 0 aliphatic carbocycles. The van der Waals surface area contributed by atoms with E-state index < -0.39 is 48.0 Å². The van der Waals surface area contributed by atoms with Crippen molar-refractivity contribution in [3.8, 4) is 0 Å². The summed E-state index contributed by atoms with van der Waals surface area (Å²) in [5.41, 5.74) is -1.16. The molecule has 0 amide bonds. The number of carbonyl (C=O) groups excluding carboxylic acids is 1. The largest absolute Gasteiger partial charge is 0.462 e. The van der Waals surface area contributed by atoms with Gasteiger partial charge in [0.2, 0.25) is 0 Å². The molecule has 10 nitrogen and oxygen atoms in total. The van der Waals surface area contributed by atoms with E-state index in [1.807, 2.05) is 39.8 Å². The third-order valence-corrected chi connectivity index (χ3v) is 11.8. The van der Waals surface area contributed by atoms with Gasteiger partial charge in [-0.3, -0.25) is 4.79 Å². The van der Waals surface area contributed by atoms with Crippen LogP contribution in [0.15, 0.2) is 0 Å². The van der Waals surface area contributed by atoms with Gasteiger partial charge in [0, 0.05) is 31.9 Å². The maximum Gasteiger partial charge on any atom is 0.311 e. The monoisotopic (exact) mass is 669 g/mol. The van der Waals surface area contributed by atoms with E-state index in [1.165, 1.54) is 0 Å². The Morgan fingerprint density at radius 1 is 0.894 bits per heavy atom. The van der Waals surface area contributed by atoms with Gasteiger partial charge in [0.1, 0.15) is 12.2 Å². The van der Waals surface area contributed by atoms with Crippen molar-refractivity contribution in [3.05, 3.63) is 0 Å². The number of hydrogen-bond donors (Lipinski definition) is 1. The quantitative estimate of drug-likeness (QED) is 0.346. The van der Waals surface area contributed by atoms with Crippen molar-refractivity contribution in [1.82, 2.24) is 4.90 Å². The molecule has 47 heavy (non-hydrogen) atoms. The lowest BCUT2D eigenvalue weighted by molar-refractivity contribution is -0.311. The Morgan fingerprint density at radius 3 is 2.19 bits per heavy atom. The molecular formula is C37H67NO9. The lowest BCUT2D eigenvalue weighted by Gasteiger charge is -2.48. The minimum Gasteiger partial charge on any atom is -0.462 e. The number of esters is 1. The summed E-state index contributed by atoms with van der Waals surface area (Å²) in [6.45, 7) is 21.0. The Kier molecular flexibility index (Phi) is 12.9. The van der Waals surface area contributed by atoms with Gasteiger partial charge in [-0.2, -0.15) is 0 Å². The molecular weight excluding hydrogens is 602 g/mol. The molecule has 1 N–H and O–H groups in total. The first-order valence-corrected chi connectivity index (χ1v) is 18.3.